The van der Waals surface area contributed by atoms with Crippen molar-refractivity contribution in [3.63, 3.8) is 0 Å². The van der Waals surface area contributed by atoms with E-state index < -0.39 is 29.5 Å². The number of anilines is 1. The van der Waals surface area contributed by atoms with Crippen LogP contribution in [0.4, 0.5) is 10.5 Å². The number of fused-ring (bicyclic) bond motifs is 1. The molecule has 0 saturated carbocycles. The molecule has 10 nitrogen and oxygen atoms in total. The molecule has 5 amide bonds. The smallest absolute Gasteiger partial charge is 0.344 e. The molecule has 2 fully saturated rings. The lowest BCUT2D eigenvalue weighted by Crippen LogP contribution is -2.55. The summed E-state index contributed by atoms with van der Waals surface area (Å²) < 4.78 is 5.97. The van der Waals surface area contributed by atoms with Crippen LogP contribution in [-0.4, -0.2) is 71.5 Å². The molecule has 3 aliphatic rings. The highest BCUT2D eigenvalue weighted by molar-refractivity contribution is 6.07. The number of carbonyl (C=O) groups excluding carboxylic acids is 4. The molecule has 3 aliphatic heterocycles. The van der Waals surface area contributed by atoms with Crippen molar-refractivity contribution >= 4 is 29.4 Å². The molecule has 2 saturated heterocycles. The Hall–Kier alpha value is -3.30. The molecule has 172 valence electrons. The number of benzene rings is 1. The molecular weight excluding hydrogens is 414 g/mol. The Morgan fingerprint density at radius 1 is 1.19 bits per heavy atom. The van der Waals surface area contributed by atoms with Crippen LogP contribution in [0.5, 0.6) is 5.75 Å². The molecule has 3 heterocycles. The molecule has 0 radical (unpaired) electrons. The lowest BCUT2D eigenvalue weighted by molar-refractivity contribution is -0.139. The third-order valence-electron chi connectivity index (χ3n) is 6.34. The normalized spacial score (nSPS) is 25.2. The average molecular weight is 444 g/mol. The minimum atomic E-state index is -1.04. The van der Waals surface area contributed by atoms with Gasteiger partial charge in [0.25, 0.3) is 17.7 Å². The van der Waals surface area contributed by atoms with Crippen molar-refractivity contribution < 1.29 is 23.9 Å². The van der Waals surface area contributed by atoms with Gasteiger partial charge in [-0.15, -0.1) is 0 Å². The summed E-state index contributed by atoms with van der Waals surface area (Å²) in [7, 11) is 0. The fourth-order valence-electron chi connectivity index (χ4n) is 4.26. The van der Waals surface area contributed by atoms with Crippen LogP contribution in [0.3, 0.4) is 0 Å². The van der Waals surface area contributed by atoms with Gasteiger partial charge < -0.3 is 19.9 Å². The number of piperidine rings is 1. The number of nitrogens with one attached hydrogen (secondary N) is 2. The summed E-state index contributed by atoms with van der Waals surface area (Å²) in [5.41, 5.74) is 2.05. The zero-order valence-electron chi connectivity index (χ0n) is 18.4. The molecule has 10 heteroatoms. The summed E-state index contributed by atoms with van der Waals surface area (Å²) >= 11 is 0. The van der Waals surface area contributed by atoms with Gasteiger partial charge in [0, 0.05) is 13.1 Å². The molecule has 32 heavy (non-hydrogen) atoms. The Kier molecular flexibility index (Phi) is 5.94. The standard InChI is InChI=1S/C22H29N5O5/c1-3-22(2)20(30)27(21(31)23-22)24-18(28)14-26-13-17(19(29)25-11-7-4-8-12-25)32-16-10-6-5-9-15(16)26/h5-6,9-10,17H,3-4,7-8,11-14H2,1-2H3,(H,23,31)(H,24,28)/t17-,22+/m0/s1. The number of carbonyl (C=O) groups is 4. The molecule has 2 N–H and O–H groups in total. The van der Waals surface area contributed by atoms with Crippen molar-refractivity contribution in [1.29, 1.82) is 0 Å². The van der Waals surface area contributed by atoms with E-state index in [1.54, 1.807) is 24.8 Å². The van der Waals surface area contributed by atoms with Crippen LogP contribution in [0.15, 0.2) is 24.3 Å². The van der Waals surface area contributed by atoms with Gasteiger partial charge in [-0.1, -0.05) is 19.1 Å². The molecule has 4 rings (SSSR count). The monoisotopic (exact) mass is 443 g/mol. The van der Waals surface area contributed by atoms with Gasteiger partial charge >= 0.3 is 6.03 Å². The zero-order valence-corrected chi connectivity index (χ0v) is 18.4. The molecule has 0 bridgehead atoms. The van der Waals surface area contributed by atoms with Crippen LogP contribution in [-0.2, 0) is 14.4 Å². The zero-order chi connectivity index (χ0) is 22.9. The van der Waals surface area contributed by atoms with Crippen molar-refractivity contribution in [2.24, 2.45) is 0 Å². The van der Waals surface area contributed by atoms with E-state index in [4.69, 9.17) is 4.74 Å². The molecule has 0 aromatic heterocycles. The molecular formula is C22H29N5O5. The first kappa shape index (κ1) is 21.9. The lowest BCUT2D eigenvalue weighted by atomic mass is 10.00. The number of hydrogen-bond donors (Lipinski definition) is 2. The number of likely N-dealkylation sites (tertiary alicyclic amines) is 1. The summed E-state index contributed by atoms with van der Waals surface area (Å²) in [5, 5.41) is 3.33. The maximum absolute atomic E-state index is 13.0. The van der Waals surface area contributed by atoms with E-state index in [1.165, 1.54) is 0 Å². The molecule has 0 unspecified atom stereocenters. The molecule has 1 aromatic carbocycles. The van der Waals surface area contributed by atoms with Crippen LogP contribution in [0.25, 0.3) is 0 Å². The maximum atomic E-state index is 13.0. The van der Waals surface area contributed by atoms with Crippen molar-refractivity contribution in [2.75, 3.05) is 31.1 Å². The van der Waals surface area contributed by atoms with Crippen molar-refractivity contribution in [3.05, 3.63) is 24.3 Å². The van der Waals surface area contributed by atoms with Crippen molar-refractivity contribution in [2.45, 2.75) is 51.2 Å². The highest BCUT2D eigenvalue weighted by Crippen LogP contribution is 2.33. The number of hydrazine groups is 1. The number of nitrogens with zero attached hydrogens (tertiary/aromatic N) is 3. The van der Waals surface area contributed by atoms with E-state index in [1.807, 2.05) is 23.1 Å². The van der Waals surface area contributed by atoms with Gasteiger partial charge in [0.2, 0.25) is 0 Å². The number of rotatable bonds is 5. The highest BCUT2D eigenvalue weighted by atomic mass is 16.5. The molecule has 0 spiro atoms. The Bertz CT molecular complexity index is 931. The molecule has 1 aromatic rings. The van der Waals surface area contributed by atoms with Gasteiger partial charge in [-0.05, 0) is 44.7 Å². The summed E-state index contributed by atoms with van der Waals surface area (Å²) in [5.74, 6) is -0.596. The predicted molar refractivity (Wildman–Crippen MR) is 116 cm³/mol. The average Bonchev–Trinajstić information content (AvgIpc) is 3.02. The Morgan fingerprint density at radius 3 is 2.59 bits per heavy atom. The fourth-order valence-corrected chi connectivity index (χ4v) is 4.26. The Morgan fingerprint density at radius 2 is 1.91 bits per heavy atom. The van der Waals surface area contributed by atoms with Gasteiger partial charge in [0.05, 0.1) is 18.8 Å². The van der Waals surface area contributed by atoms with E-state index in [0.29, 0.717) is 30.9 Å². The Balaban J connectivity index is 1.47. The highest BCUT2D eigenvalue weighted by Gasteiger charge is 2.47. The minimum absolute atomic E-state index is 0.0857. The third kappa shape index (κ3) is 4.09. The third-order valence-corrected chi connectivity index (χ3v) is 6.34. The van der Waals surface area contributed by atoms with Crippen LogP contribution < -0.4 is 20.4 Å². The van der Waals surface area contributed by atoms with Crippen LogP contribution in [0.1, 0.15) is 39.5 Å². The van der Waals surface area contributed by atoms with E-state index in [2.05, 4.69) is 10.7 Å². The van der Waals surface area contributed by atoms with Crippen LogP contribution in [0, 0.1) is 0 Å². The van der Waals surface area contributed by atoms with Gasteiger partial charge in [0.1, 0.15) is 11.3 Å². The summed E-state index contributed by atoms with van der Waals surface area (Å²) in [6, 6.07) is 6.55. The Labute approximate surface area is 186 Å². The van der Waals surface area contributed by atoms with Crippen LogP contribution >= 0.6 is 0 Å². The number of amides is 5. The maximum Gasteiger partial charge on any atom is 0.344 e. The predicted octanol–water partition coefficient (Wildman–Crippen LogP) is 1.02. The van der Waals surface area contributed by atoms with Gasteiger partial charge in [-0.2, -0.15) is 5.01 Å². The lowest BCUT2D eigenvalue weighted by Gasteiger charge is -2.38. The number of urea groups is 1. The van der Waals surface area contributed by atoms with Crippen LogP contribution in [0.2, 0.25) is 0 Å². The number of imide groups is 1. The number of para-hydroxylation sites is 2. The summed E-state index contributed by atoms with van der Waals surface area (Å²) in [4.78, 5) is 54.1. The van der Waals surface area contributed by atoms with Crippen molar-refractivity contribution in [3.8, 4) is 5.75 Å². The largest absolute Gasteiger partial charge is 0.477 e. The first-order valence-electron chi connectivity index (χ1n) is 11.1. The van der Waals surface area contributed by atoms with E-state index in [0.717, 1.165) is 24.3 Å². The number of ether oxygens (including phenoxy) is 1. The van der Waals surface area contributed by atoms with Gasteiger partial charge in [-0.25, -0.2) is 4.79 Å². The second-order valence-corrected chi connectivity index (χ2v) is 8.63. The topological polar surface area (TPSA) is 111 Å². The van der Waals surface area contributed by atoms with Gasteiger partial charge in [-0.3, -0.25) is 19.8 Å². The SMILES string of the molecule is CC[C@@]1(C)NC(=O)N(NC(=O)CN2C[C@@H](C(=O)N3CCCCC3)Oc3ccccc32)C1=O. The van der Waals surface area contributed by atoms with Crippen molar-refractivity contribution in [1.82, 2.24) is 20.7 Å². The van der Waals surface area contributed by atoms with E-state index >= 15 is 0 Å². The fraction of sp³-hybridized carbons (Fsp3) is 0.545. The molecule has 2 atom stereocenters. The second kappa shape index (κ2) is 8.68. The van der Waals surface area contributed by atoms with E-state index in [-0.39, 0.29) is 19.0 Å². The van der Waals surface area contributed by atoms with E-state index in [9.17, 15) is 19.2 Å². The minimum Gasteiger partial charge on any atom is -0.477 e. The second-order valence-electron chi connectivity index (χ2n) is 8.63. The first-order valence-corrected chi connectivity index (χ1v) is 11.1. The summed E-state index contributed by atoms with van der Waals surface area (Å²) in [6.45, 7) is 4.89. The molecule has 0 aliphatic carbocycles. The quantitative estimate of drug-likeness (QED) is 0.658. The summed E-state index contributed by atoms with van der Waals surface area (Å²) in [6.07, 6.45) is 2.75. The van der Waals surface area contributed by atoms with Gasteiger partial charge in [0.15, 0.2) is 6.10 Å². The first-order chi connectivity index (χ1) is 15.3. The number of hydrogen-bond acceptors (Lipinski definition) is 6.